The van der Waals surface area contributed by atoms with Crippen LogP contribution >= 0.6 is 0 Å². The van der Waals surface area contributed by atoms with Crippen molar-refractivity contribution in [2.24, 2.45) is 10.8 Å². The highest BCUT2D eigenvalue weighted by atomic mass is 32.2. The number of rotatable bonds is 17. The maximum atomic E-state index is 12.3. The van der Waals surface area contributed by atoms with E-state index in [-0.39, 0.29) is 53.4 Å². The molecule has 1 rings (SSSR count). The van der Waals surface area contributed by atoms with Gasteiger partial charge in [0.2, 0.25) is 5.91 Å². The summed E-state index contributed by atoms with van der Waals surface area (Å²) >= 11 is 0. The molecule has 1 unspecified atom stereocenters. The van der Waals surface area contributed by atoms with Gasteiger partial charge in [-0.3, -0.25) is 19.5 Å². The largest absolute Gasteiger partial charge is 0.493 e. The molecule has 0 aliphatic carbocycles. The van der Waals surface area contributed by atoms with E-state index in [1.165, 1.54) is 13.2 Å². The molecule has 1 amide bonds. The lowest BCUT2D eigenvalue weighted by Crippen LogP contribution is -2.36. The predicted molar refractivity (Wildman–Crippen MR) is 147 cm³/mol. The molecular weight excluding hydrogens is 514 g/mol. The van der Waals surface area contributed by atoms with Crippen molar-refractivity contribution in [3.8, 4) is 11.5 Å². The highest BCUT2D eigenvalue weighted by Crippen LogP contribution is 2.37. The van der Waals surface area contributed by atoms with E-state index in [0.717, 1.165) is 6.42 Å². The van der Waals surface area contributed by atoms with Gasteiger partial charge >= 0.3 is 0 Å². The molecule has 0 aliphatic heterocycles. The number of carbonyl (C=O) groups excluding carboxylic acids is 1. The molecular formula is C26H45N3O8S. The molecule has 0 fully saturated rings. The molecule has 0 saturated carbocycles. The molecule has 1 aromatic rings. The lowest BCUT2D eigenvalue weighted by molar-refractivity contribution is -0.385. The first-order chi connectivity index (χ1) is 17.4. The lowest BCUT2D eigenvalue weighted by Gasteiger charge is -2.32. The molecule has 1 atom stereocenters. The normalized spacial score (nSPS) is 13.2. The number of benzene rings is 1. The second kappa shape index (κ2) is 14.6. The number of nitrogens with one attached hydrogen (secondary N) is 2. The zero-order valence-electron chi connectivity index (χ0n) is 23.8. The van der Waals surface area contributed by atoms with E-state index in [1.54, 1.807) is 13.0 Å². The molecule has 3 N–H and O–H groups in total. The lowest BCUT2D eigenvalue weighted by atomic mass is 9.76. The molecule has 12 heteroatoms. The number of methoxy groups -OCH3 is 1. The van der Waals surface area contributed by atoms with Crippen molar-refractivity contribution < 1.29 is 32.2 Å². The second-order valence-electron chi connectivity index (χ2n) is 11.6. The van der Waals surface area contributed by atoms with E-state index >= 15 is 0 Å². The van der Waals surface area contributed by atoms with Crippen LogP contribution in [0.15, 0.2) is 12.1 Å². The van der Waals surface area contributed by atoms with E-state index in [0.29, 0.717) is 37.2 Å². The Morgan fingerprint density at radius 1 is 1.13 bits per heavy atom. The van der Waals surface area contributed by atoms with Crippen LogP contribution in [0.25, 0.3) is 0 Å². The van der Waals surface area contributed by atoms with Gasteiger partial charge in [-0.2, -0.15) is 8.42 Å². The van der Waals surface area contributed by atoms with E-state index < -0.39 is 21.1 Å². The molecule has 1 aromatic carbocycles. The maximum Gasteiger partial charge on any atom is 0.278 e. The SMILES string of the molecule is COc1cc(C(C)NCCCCS(=O)(=O)O)c([N+](=O)[O-])cc1OCCCC(=O)NCC(C)(C)CC(C)(C)C. The average Bonchev–Trinajstić information content (AvgIpc) is 2.77. The van der Waals surface area contributed by atoms with Gasteiger partial charge in [0.1, 0.15) is 0 Å². The standard InChI is InChI=1S/C26H45N3O8S/c1-19(27-12-8-9-14-38(33,34)35)20-15-22(36-7)23(16-21(20)29(31)32)37-13-10-11-24(30)28-18-26(5,6)17-25(2,3)4/h15-16,19,27H,8-14,17-18H2,1-7H3,(H,28,30)(H,33,34,35). The van der Waals surface area contributed by atoms with Gasteiger partial charge in [0.15, 0.2) is 11.5 Å². The van der Waals surface area contributed by atoms with Gasteiger partial charge in [-0.1, -0.05) is 34.6 Å². The van der Waals surface area contributed by atoms with Crippen LogP contribution in [-0.4, -0.2) is 56.4 Å². The molecule has 11 nitrogen and oxygen atoms in total. The number of unbranched alkanes of at least 4 members (excludes halogenated alkanes) is 1. The molecule has 0 aliphatic rings. The van der Waals surface area contributed by atoms with Crippen molar-refractivity contribution >= 4 is 21.7 Å². The molecule has 0 spiro atoms. The van der Waals surface area contributed by atoms with E-state index in [9.17, 15) is 23.3 Å². The van der Waals surface area contributed by atoms with Gasteiger partial charge in [0.25, 0.3) is 15.8 Å². The molecule has 0 bridgehead atoms. The van der Waals surface area contributed by atoms with Crippen molar-refractivity contribution in [1.29, 1.82) is 0 Å². The molecule has 0 saturated heterocycles. The fraction of sp³-hybridized carbons (Fsp3) is 0.731. The van der Waals surface area contributed by atoms with Crippen LogP contribution in [0.1, 0.15) is 85.3 Å². The number of hydrogen-bond acceptors (Lipinski definition) is 8. The summed E-state index contributed by atoms with van der Waals surface area (Å²) in [6, 6.07) is 2.45. The third-order valence-electron chi connectivity index (χ3n) is 5.83. The Hall–Kier alpha value is -2.44. The highest BCUT2D eigenvalue weighted by molar-refractivity contribution is 7.85. The minimum absolute atomic E-state index is 0.0233. The Balaban J connectivity index is 2.69. The van der Waals surface area contributed by atoms with E-state index in [4.69, 9.17) is 14.0 Å². The third-order valence-corrected chi connectivity index (χ3v) is 6.64. The van der Waals surface area contributed by atoms with Gasteiger partial charge in [-0.05, 0) is 56.0 Å². The first-order valence-electron chi connectivity index (χ1n) is 12.9. The molecule has 218 valence electrons. The average molecular weight is 560 g/mol. The van der Waals surface area contributed by atoms with Crippen molar-refractivity contribution in [3.63, 3.8) is 0 Å². The monoisotopic (exact) mass is 559 g/mol. The molecule has 38 heavy (non-hydrogen) atoms. The second-order valence-corrected chi connectivity index (χ2v) is 13.2. The van der Waals surface area contributed by atoms with Crippen LogP contribution in [-0.2, 0) is 14.9 Å². The van der Waals surface area contributed by atoms with E-state index in [1.807, 2.05) is 0 Å². The Bertz CT molecular complexity index is 1040. The fourth-order valence-electron chi connectivity index (χ4n) is 4.52. The summed E-state index contributed by atoms with van der Waals surface area (Å²) in [5.74, 6) is 0.147. The summed E-state index contributed by atoms with van der Waals surface area (Å²) in [7, 11) is -2.57. The van der Waals surface area contributed by atoms with Crippen LogP contribution in [0.2, 0.25) is 0 Å². The van der Waals surface area contributed by atoms with Crippen molar-refractivity contribution in [3.05, 3.63) is 27.8 Å². The summed E-state index contributed by atoms with van der Waals surface area (Å²) in [5, 5.41) is 17.9. The zero-order chi connectivity index (χ0) is 29.1. The van der Waals surface area contributed by atoms with Gasteiger partial charge in [-0.15, -0.1) is 0 Å². The Labute approximate surface area is 227 Å². The number of carbonyl (C=O) groups is 1. The summed E-state index contributed by atoms with van der Waals surface area (Å²) in [4.78, 5) is 23.6. The number of nitro groups is 1. The topological polar surface area (TPSA) is 157 Å². The molecule has 0 aromatic heterocycles. The summed E-state index contributed by atoms with van der Waals surface area (Å²) in [5.41, 5.74) is 0.396. The Morgan fingerprint density at radius 3 is 2.34 bits per heavy atom. The van der Waals surface area contributed by atoms with Crippen LogP contribution in [0.4, 0.5) is 5.69 Å². The van der Waals surface area contributed by atoms with Crippen LogP contribution in [0.5, 0.6) is 11.5 Å². The number of ether oxygens (including phenoxy) is 2. The van der Waals surface area contributed by atoms with Gasteiger partial charge in [0, 0.05) is 19.0 Å². The van der Waals surface area contributed by atoms with Crippen molar-refractivity contribution in [2.75, 3.05) is 32.6 Å². The van der Waals surface area contributed by atoms with Crippen LogP contribution in [0.3, 0.4) is 0 Å². The predicted octanol–water partition coefficient (Wildman–Crippen LogP) is 4.66. The fourth-order valence-corrected chi connectivity index (χ4v) is 5.09. The number of hydrogen-bond donors (Lipinski definition) is 3. The quantitative estimate of drug-likeness (QED) is 0.107. The number of amides is 1. The van der Waals surface area contributed by atoms with E-state index in [2.05, 4.69) is 45.3 Å². The zero-order valence-corrected chi connectivity index (χ0v) is 24.6. The summed E-state index contributed by atoms with van der Waals surface area (Å²) in [6.07, 6.45) is 2.42. The minimum atomic E-state index is -4.01. The minimum Gasteiger partial charge on any atom is -0.493 e. The van der Waals surface area contributed by atoms with Crippen molar-refractivity contribution in [1.82, 2.24) is 10.6 Å². The summed E-state index contributed by atoms with van der Waals surface area (Å²) in [6.45, 7) is 13.7. The highest BCUT2D eigenvalue weighted by Gasteiger charge is 2.26. The van der Waals surface area contributed by atoms with Gasteiger partial charge in [0.05, 0.1) is 36.0 Å². The first-order valence-corrected chi connectivity index (χ1v) is 14.5. The Kier molecular flexibility index (Phi) is 12.9. The van der Waals surface area contributed by atoms with Crippen LogP contribution in [0, 0.1) is 20.9 Å². The van der Waals surface area contributed by atoms with Gasteiger partial charge in [-0.25, -0.2) is 0 Å². The molecule has 0 heterocycles. The van der Waals surface area contributed by atoms with Crippen LogP contribution < -0.4 is 20.1 Å². The van der Waals surface area contributed by atoms with Gasteiger partial charge < -0.3 is 20.1 Å². The number of nitro benzene ring substituents is 1. The molecule has 0 radical (unpaired) electrons. The maximum absolute atomic E-state index is 12.3. The van der Waals surface area contributed by atoms with Crippen molar-refractivity contribution in [2.45, 2.75) is 79.7 Å². The first kappa shape index (κ1) is 33.6. The summed E-state index contributed by atoms with van der Waals surface area (Å²) < 4.78 is 41.6. The Morgan fingerprint density at radius 2 is 1.79 bits per heavy atom. The third kappa shape index (κ3) is 13.4. The smallest absolute Gasteiger partial charge is 0.278 e. The number of nitrogens with zero attached hydrogens (tertiary/aromatic N) is 1.